The monoisotopic (exact) mass is 285 g/mol. The molecule has 1 saturated carbocycles. The lowest BCUT2D eigenvalue weighted by Gasteiger charge is -2.22. The Balaban J connectivity index is 1.70. The minimum atomic E-state index is 0.460. The normalized spacial score (nSPS) is 17.2. The molecule has 0 saturated heterocycles. The second-order valence-corrected chi connectivity index (χ2v) is 5.79. The molecule has 1 aromatic heterocycles. The molecular formula is C17H23N3O. The van der Waals surface area contributed by atoms with Crippen molar-refractivity contribution in [3.05, 3.63) is 36.2 Å². The van der Waals surface area contributed by atoms with E-state index in [2.05, 4.69) is 22.4 Å². The summed E-state index contributed by atoms with van der Waals surface area (Å²) >= 11 is 0. The van der Waals surface area contributed by atoms with Crippen molar-refractivity contribution in [3.63, 3.8) is 0 Å². The second-order valence-electron chi connectivity index (χ2n) is 5.79. The van der Waals surface area contributed by atoms with Gasteiger partial charge in [0.15, 0.2) is 0 Å². The minimum Gasteiger partial charge on any atom is -0.339 e. The van der Waals surface area contributed by atoms with Crippen molar-refractivity contribution in [2.24, 2.45) is 5.92 Å². The molecule has 0 amide bonds. The van der Waals surface area contributed by atoms with Gasteiger partial charge in [-0.1, -0.05) is 55.3 Å². The molecule has 1 atom stereocenters. The predicted molar refractivity (Wildman–Crippen MR) is 82.9 cm³/mol. The van der Waals surface area contributed by atoms with Crippen LogP contribution in [0, 0.1) is 5.92 Å². The lowest BCUT2D eigenvalue weighted by molar-refractivity contribution is 0.311. The largest absolute Gasteiger partial charge is 0.339 e. The van der Waals surface area contributed by atoms with Crippen LogP contribution in [-0.2, 0) is 6.42 Å². The van der Waals surface area contributed by atoms with Gasteiger partial charge in [-0.2, -0.15) is 4.98 Å². The summed E-state index contributed by atoms with van der Waals surface area (Å²) in [5, 5.41) is 7.71. The van der Waals surface area contributed by atoms with E-state index in [1.807, 2.05) is 30.3 Å². The van der Waals surface area contributed by atoms with Gasteiger partial charge in [-0.3, -0.25) is 0 Å². The van der Waals surface area contributed by atoms with Gasteiger partial charge in [-0.25, -0.2) is 0 Å². The molecule has 112 valence electrons. The average Bonchev–Trinajstić information content (AvgIpc) is 3.19. The highest BCUT2D eigenvalue weighted by atomic mass is 16.5. The average molecular weight is 285 g/mol. The molecule has 4 heteroatoms. The molecule has 1 aromatic carbocycles. The van der Waals surface area contributed by atoms with Crippen LogP contribution in [0.2, 0.25) is 0 Å². The molecule has 1 unspecified atom stereocenters. The summed E-state index contributed by atoms with van der Waals surface area (Å²) in [4.78, 5) is 4.56. The van der Waals surface area contributed by atoms with Crippen molar-refractivity contribution < 1.29 is 4.52 Å². The van der Waals surface area contributed by atoms with E-state index < -0.39 is 0 Å². The number of hydrogen-bond donors (Lipinski definition) is 1. The van der Waals surface area contributed by atoms with Gasteiger partial charge in [0.25, 0.3) is 0 Å². The third-order valence-corrected chi connectivity index (χ3v) is 4.33. The van der Waals surface area contributed by atoms with E-state index in [-0.39, 0.29) is 0 Å². The standard InChI is InChI=1S/C17H23N3O/c1-2-18-15(13-8-6-7-9-13)12-16-19-17(20-21-16)14-10-4-3-5-11-14/h3-5,10-11,13,15,18H,2,6-9,12H2,1H3. The molecule has 3 rings (SSSR count). The maximum atomic E-state index is 5.45. The SMILES string of the molecule is CCNC(Cc1nc(-c2ccccc2)no1)C1CCCC1. The molecule has 1 aliphatic rings. The fraction of sp³-hybridized carbons (Fsp3) is 0.529. The first kappa shape index (κ1) is 14.3. The van der Waals surface area contributed by atoms with Gasteiger partial charge in [0.2, 0.25) is 11.7 Å². The number of aromatic nitrogens is 2. The Morgan fingerprint density at radius 2 is 2.00 bits per heavy atom. The van der Waals surface area contributed by atoms with Gasteiger partial charge in [0.05, 0.1) is 0 Å². The quantitative estimate of drug-likeness (QED) is 0.883. The minimum absolute atomic E-state index is 0.460. The first-order chi connectivity index (χ1) is 10.4. The molecule has 0 radical (unpaired) electrons. The maximum Gasteiger partial charge on any atom is 0.228 e. The summed E-state index contributed by atoms with van der Waals surface area (Å²) in [6, 6.07) is 10.4. The zero-order chi connectivity index (χ0) is 14.5. The van der Waals surface area contributed by atoms with E-state index in [0.29, 0.717) is 11.9 Å². The van der Waals surface area contributed by atoms with E-state index in [1.165, 1.54) is 25.7 Å². The van der Waals surface area contributed by atoms with Crippen LogP contribution in [0.3, 0.4) is 0 Å². The molecule has 1 fully saturated rings. The zero-order valence-corrected chi connectivity index (χ0v) is 12.6. The number of nitrogens with one attached hydrogen (secondary N) is 1. The molecule has 1 N–H and O–H groups in total. The molecule has 0 spiro atoms. The van der Waals surface area contributed by atoms with E-state index in [0.717, 1.165) is 30.3 Å². The molecule has 21 heavy (non-hydrogen) atoms. The smallest absolute Gasteiger partial charge is 0.228 e. The third-order valence-electron chi connectivity index (χ3n) is 4.33. The lowest BCUT2D eigenvalue weighted by Crippen LogP contribution is -2.37. The van der Waals surface area contributed by atoms with E-state index in [4.69, 9.17) is 4.52 Å². The fourth-order valence-electron chi connectivity index (χ4n) is 3.26. The van der Waals surface area contributed by atoms with Crippen LogP contribution in [0.15, 0.2) is 34.9 Å². The Morgan fingerprint density at radius 1 is 1.24 bits per heavy atom. The van der Waals surface area contributed by atoms with Gasteiger partial charge in [0.1, 0.15) is 0 Å². The molecule has 1 aliphatic carbocycles. The van der Waals surface area contributed by atoms with Crippen molar-refractivity contribution in [1.82, 2.24) is 15.5 Å². The van der Waals surface area contributed by atoms with Crippen LogP contribution in [0.1, 0.15) is 38.5 Å². The molecular weight excluding hydrogens is 262 g/mol. The topological polar surface area (TPSA) is 51.0 Å². The Hall–Kier alpha value is -1.68. The predicted octanol–water partition coefficient (Wildman–Crippen LogP) is 3.45. The first-order valence-corrected chi connectivity index (χ1v) is 7.98. The van der Waals surface area contributed by atoms with Crippen LogP contribution >= 0.6 is 0 Å². The van der Waals surface area contributed by atoms with Crippen molar-refractivity contribution >= 4 is 0 Å². The van der Waals surface area contributed by atoms with Crippen LogP contribution in [0.5, 0.6) is 0 Å². The summed E-state index contributed by atoms with van der Waals surface area (Å²) in [7, 11) is 0. The summed E-state index contributed by atoms with van der Waals surface area (Å²) in [6.45, 7) is 3.14. The highest BCUT2D eigenvalue weighted by Crippen LogP contribution is 2.29. The fourth-order valence-corrected chi connectivity index (χ4v) is 3.26. The molecule has 0 bridgehead atoms. The van der Waals surface area contributed by atoms with Crippen LogP contribution < -0.4 is 5.32 Å². The van der Waals surface area contributed by atoms with E-state index in [9.17, 15) is 0 Å². The van der Waals surface area contributed by atoms with Crippen LogP contribution in [0.25, 0.3) is 11.4 Å². The highest BCUT2D eigenvalue weighted by Gasteiger charge is 2.26. The van der Waals surface area contributed by atoms with Crippen LogP contribution in [-0.4, -0.2) is 22.7 Å². The summed E-state index contributed by atoms with van der Waals surface area (Å²) < 4.78 is 5.45. The van der Waals surface area contributed by atoms with Gasteiger partial charge in [-0.15, -0.1) is 0 Å². The lowest BCUT2D eigenvalue weighted by atomic mass is 9.95. The summed E-state index contributed by atoms with van der Waals surface area (Å²) in [5.41, 5.74) is 1.01. The summed E-state index contributed by atoms with van der Waals surface area (Å²) in [5.74, 6) is 2.18. The Labute approximate surface area is 126 Å². The molecule has 4 nitrogen and oxygen atoms in total. The molecule has 0 aliphatic heterocycles. The molecule has 2 aromatic rings. The van der Waals surface area contributed by atoms with Crippen molar-refractivity contribution in [3.8, 4) is 11.4 Å². The number of nitrogens with zero attached hydrogens (tertiary/aromatic N) is 2. The number of benzene rings is 1. The maximum absolute atomic E-state index is 5.45. The highest BCUT2D eigenvalue weighted by molar-refractivity contribution is 5.53. The first-order valence-electron chi connectivity index (χ1n) is 7.98. The number of rotatable bonds is 6. The van der Waals surface area contributed by atoms with E-state index in [1.54, 1.807) is 0 Å². The number of likely N-dealkylation sites (N-methyl/N-ethyl adjacent to an activating group) is 1. The zero-order valence-electron chi connectivity index (χ0n) is 12.6. The van der Waals surface area contributed by atoms with Gasteiger partial charge >= 0.3 is 0 Å². The Bertz CT molecular complexity index is 546. The summed E-state index contributed by atoms with van der Waals surface area (Å²) in [6.07, 6.45) is 6.17. The van der Waals surface area contributed by atoms with Gasteiger partial charge < -0.3 is 9.84 Å². The number of hydrogen-bond acceptors (Lipinski definition) is 4. The van der Waals surface area contributed by atoms with E-state index >= 15 is 0 Å². The van der Waals surface area contributed by atoms with Crippen molar-refractivity contribution in [2.45, 2.75) is 45.1 Å². The van der Waals surface area contributed by atoms with Crippen LogP contribution in [0.4, 0.5) is 0 Å². The van der Waals surface area contributed by atoms with Gasteiger partial charge in [0, 0.05) is 18.0 Å². The third kappa shape index (κ3) is 3.50. The van der Waals surface area contributed by atoms with Crippen molar-refractivity contribution in [1.29, 1.82) is 0 Å². The Morgan fingerprint density at radius 3 is 2.71 bits per heavy atom. The van der Waals surface area contributed by atoms with Crippen molar-refractivity contribution in [2.75, 3.05) is 6.54 Å². The van der Waals surface area contributed by atoms with Gasteiger partial charge in [-0.05, 0) is 25.3 Å². The molecule has 1 heterocycles. The second kappa shape index (κ2) is 6.85. The Kier molecular flexibility index (Phi) is 4.65.